The summed E-state index contributed by atoms with van der Waals surface area (Å²) in [5.74, 6) is -0.408. The average Bonchev–Trinajstić information content (AvgIpc) is 2.87. The Morgan fingerprint density at radius 3 is 2.71 bits per heavy atom. The van der Waals surface area contributed by atoms with E-state index in [4.69, 9.17) is 23.2 Å². The average molecular weight is 273 g/mol. The number of hydrogen-bond donors (Lipinski definition) is 0. The van der Waals surface area contributed by atoms with Crippen molar-refractivity contribution in [2.75, 3.05) is 0 Å². The number of aromatic nitrogens is 1. The van der Waals surface area contributed by atoms with Crippen LogP contribution in [0.15, 0.2) is 29.4 Å². The van der Waals surface area contributed by atoms with E-state index in [1.807, 2.05) is 26.0 Å². The highest BCUT2D eigenvalue weighted by atomic mass is 35.5. The van der Waals surface area contributed by atoms with Crippen molar-refractivity contribution < 1.29 is 4.79 Å². The molecule has 1 heterocycles. The van der Waals surface area contributed by atoms with E-state index in [0.717, 1.165) is 0 Å². The highest BCUT2D eigenvalue weighted by molar-refractivity contribution is 6.52. The maximum atomic E-state index is 12.2. The first-order valence-corrected chi connectivity index (χ1v) is 6.31. The molecule has 0 spiro atoms. The van der Waals surface area contributed by atoms with Crippen molar-refractivity contribution in [2.45, 2.75) is 30.6 Å². The van der Waals surface area contributed by atoms with Crippen LogP contribution in [-0.2, 0) is 0 Å². The predicted molar refractivity (Wildman–Crippen MR) is 68.3 cm³/mol. The maximum Gasteiger partial charge on any atom is 0.238 e. The number of rotatable bonds is 2. The molecule has 1 fully saturated rings. The fourth-order valence-corrected chi connectivity index (χ4v) is 2.13. The van der Waals surface area contributed by atoms with Crippen LogP contribution in [0.4, 0.5) is 0 Å². The maximum absolute atomic E-state index is 12.2. The lowest BCUT2D eigenvalue weighted by molar-refractivity contribution is 0.0879. The van der Waals surface area contributed by atoms with Gasteiger partial charge in [-0.3, -0.25) is 14.4 Å². The number of nitrogens with zero attached hydrogens (tertiary/aromatic N) is 2. The Kier molecular flexibility index (Phi) is 3.32. The largest absolute Gasteiger partial charge is 0.274 e. The van der Waals surface area contributed by atoms with Crippen molar-refractivity contribution in [3.05, 3.63) is 29.9 Å². The molecular formula is C12H14Cl2N2O. The number of carbonyl (C=O) groups excluding carboxylic acids is 1. The molecule has 17 heavy (non-hydrogen) atoms. The third kappa shape index (κ3) is 2.72. The van der Waals surface area contributed by atoms with Gasteiger partial charge in [0.1, 0.15) is 9.82 Å². The molecule has 1 saturated carbocycles. The quantitative estimate of drug-likeness (QED) is 0.763. The molecule has 92 valence electrons. The van der Waals surface area contributed by atoms with Crippen LogP contribution >= 0.6 is 23.2 Å². The number of halogens is 2. The summed E-state index contributed by atoms with van der Waals surface area (Å²) in [5.41, 5.74) is 0.642. The molecular weight excluding hydrogens is 259 g/mol. The molecule has 1 aromatic heterocycles. The minimum Gasteiger partial charge on any atom is -0.274 e. The second kappa shape index (κ2) is 4.46. The fraction of sp³-hybridized carbons (Fsp3) is 0.500. The molecule has 5 heteroatoms. The van der Waals surface area contributed by atoms with Gasteiger partial charge in [0.25, 0.3) is 0 Å². The fourth-order valence-electron chi connectivity index (χ4n) is 1.64. The van der Waals surface area contributed by atoms with Crippen molar-refractivity contribution >= 4 is 29.1 Å². The smallest absolute Gasteiger partial charge is 0.238 e. The molecule has 0 aromatic carbocycles. The van der Waals surface area contributed by atoms with Gasteiger partial charge >= 0.3 is 0 Å². The molecule has 0 bridgehead atoms. The van der Waals surface area contributed by atoms with Gasteiger partial charge < -0.3 is 0 Å². The molecule has 0 N–H and O–H groups in total. The Balaban J connectivity index is 2.37. The lowest BCUT2D eigenvalue weighted by Gasteiger charge is -2.06. The Bertz CT molecular complexity index is 505. The molecule has 1 atom stereocenters. The van der Waals surface area contributed by atoms with Gasteiger partial charge in [-0.15, -0.1) is 23.2 Å². The van der Waals surface area contributed by atoms with Gasteiger partial charge in [-0.2, -0.15) is 0 Å². The number of alkyl halides is 2. The van der Waals surface area contributed by atoms with Gasteiger partial charge in [0, 0.05) is 12.2 Å². The first-order chi connectivity index (χ1) is 7.92. The molecule has 2 rings (SSSR count). The third-order valence-corrected chi connectivity index (χ3v) is 3.43. The van der Waals surface area contributed by atoms with Gasteiger partial charge in [0.15, 0.2) is 0 Å². The molecule has 0 aliphatic heterocycles. The van der Waals surface area contributed by atoms with E-state index in [1.165, 1.54) is 4.57 Å². The highest BCUT2D eigenvalue weighted by Gasteiger charge is 2.56. The van der Waals surface area contributed by atoms with Gasteiger partial charge in [0.2, 0.25) is 5.91 Å². The molecule has 1 unspecified atom stereocenters. The van der Waals surface area contributed by atoms with Crippen molar-refractivity contribution in [3.63, 3.8) is 0 Å². The van der Waals surface area contributed by atoms with Gasteiger partial charge in [-0.1, -0.05) is 6.07 Å². The Labute approximate surface area is 110 Å². The number of pyridine rings is 1. The van der Waals surface area contributed by atoms with Gasteiger partial charge in [-0.25, -0.2) is 0 Å². The molecule has 3 nitrogen and oxygen atoms in total. The van der Waals surface area contributed by atoms with E-state index < -0.39 is 4.33 Å². The second-order valence-electron chi connectivity index (χ2n) is 4.51. The van der Waals surface area contributed by atoms with Crippen LogP contribution in [-0.4, -0.2) is 20.8 Å². The lowest BCUT2D eigenvalue weighted by atomic mass is 10.3. The summed E-state index contributed by atoms with van der Waals surface area (Å²) >= 11 is 11.8. The van der Waals surface area contributed by atoms with E-state index in [2.05, 4.69) is 4.99 Å². The van der Waals surface area contributed by atoms with E-state index in [1.54, 1.807) is 12.3 Å². The van der Waals surface area contributed by atoms with Crippen LogP contribution < -0.4 is 5.49 Å². The zero-order chi connectivity index (χ0) is 12.6. The van der Waals surface area contributed by atoms with Crippen molar-refractivity contribution in [2.24, 2.45) is 10.9 Å². The van der Waals surface area contributed by atoms with E-state index in [0.29, 0.717) is 11.9 Å². The monoisotopic (exact) mass is 272 g/mol. The predicted octanol–water partition coefficient (Wildman–Crippen LogP) is 2.63. The normalized spacial score (nSPS) is 22.9. The summed E-state index contributed by atoms with van der Waals surface area (Å²) in [6.45, 7) is 3.93. The molecule has 1 aliphatic carbocycles. The number of hydrogen-bond acceptors (Lipinski definition) is 2. The molecule has 0 radical (unpaired) electrons. The zero-order valence-corrected chi connectivity index (χ0v) is 11.2. The molecule has 1 aromatic rings. The van der Waals surface area contributed by atoms with Crippen LogP contribution in [0.5, 0.6) is 0 Å². The summed E-state index contributed by atoms with van der Waals surface area (Å²) in [7, 11) is 0. The summed E-state index contributed by atoms with van der Waals surface area (Å²) in [5, 5.41) is 0. The standard InChI is InChI=1S/C12H14Cl2N2O/c1-8(2)15-10-5-3-4-6-16(10)11(17)9-7-12(9,13)14/h3-6,8-9H,7H2,1-2H3. The van der Waals surface area contributed by atoms with Crippen molar-refractivity contribution in [1.82, 2.24) is 4.57 Å². The van der Waals surface area contributed by atoms with E-state index in [9.17, 15) is 4.79 Å². The molecule has 1 aliphatic rings. The van der Waals surface area contributed by atoms with E-state index in [-0.39, 0.29) is 17.9 Å². The van der Waals surface area contributed by atoms with Crippen LogP contribution in [0.25, 0.3) is 0 Å². The van der Waals surface area contributed by atoms with Gasteiger partial charge in [0.05, 0.1) is 5.92 Å². The number of carbonyl (C=O) groups is 1. The van der Waals surface area contributed by atoms with Crippen LogP contribution in [0.1, 0.15) is 25.1 Å². The van der Waals surface area contributed by atoms with Gasteiger partial charge in [-0.05, 0) is 32.4 Å². The summed E-state index contributed by atoms with van der Waals surface area (Å²) in [6.07, 6.45) is 2.21. The highest BCUT2D eigenvalue weighted by Crippen LogP contribution is 2.53. The minimum absolute atomic E-state index is 0.0880. The van der Waals surface area contributed by atoms with Crippen LogP contribution in [0, 0.1) is 5.92 Å². The minimum atomic E-state index is -0.894. The Morgan fingerprint density at radius 2 is 2.18 bits per heavy atom. The first kappa shape index (κ1) is 12.7. The Hall–Kier alpha value is -0.800. The van der Waals surface area contributed by atoms with Crippen LogP contribution in [0.2, 0.25) is 0 Å². The topological polar surface area (TPSA) is 34.4 Å². The van der Waals surface area contributed by atoms with Crippen molar-refractivity contribution in [3.8, 4) is 0 Å². The SMILES string of the molecule is CC(C)N=c1ccccn1C(=O)C1CC1(Cl)Cl. The summed E-state index contributed by atoms with van der Waals surface area (Å²) < 4.78 is 0.631. The lowest BCUT2D eigenvalue weighted by Crippen LogP contribution is -2.29. The van der Waals surface area contributed by atoms with Crippen molar-refractivity contribution in [1.29, 1.82) is 0 Å². The Morgan fingerprint density at radius 1 is 1.53 bits per heavy atom. The second-order valence-corrected chi connectivity index (χ2v) is 6.05. The summed E-state index contributed by atoms with van der Waals surface area (Å²) in [4.78, 5) is 16.6. The molecule has 0 amide bonds. The first-order valence-electron chi connectivity index (χ1n) is 5.55. The molecule has 0 saturated heterocycles. The van der Waals surface area contributed by atoms with Crippen LogP contribution in [0.3, 0.4) is 0 Å². The zero-order valence-electron chi connectivity index (χ0n) is 9.73. The third-order valence-electron chi connectivity index (χ3n) is 2.59. The van der Waals surface area contributed by atoms with E-state index >= 15 is 0 Å². The summed E-state index contributed by atoms with van der Waals surface area (Å²) in [6, 6.07) is 5.59.